The van der Waals surface area contributed by atoms with Gasteiger partial charge in [-0.15, -0.1) is 0 Å². The Kier molecular flexibility index (Phi) is 6.55. The van der Waals surface area contributed by atoms with Crippen molar-refractivity contribution in [2.75, 3.05) is 32.1 Å². The number of benzene rings is 2. The Morgan fingerprint density at radius 3 is 2.45 bits per heavy atom. The molecule has 1 heterocycles. The molecule has 0 atom stereocenters. The predicted molar refractivity (Wildman–Crippen MR) is 121 cm³/mol. The summed E-state index contributed by atoms with van der Waals surface area (Å²) in [6, 6.07) is 11.6. The van der Waals surface area contributed by atoms with Gasteiger partial charge in [-0.1, -0.05) is 17.4 Å². The predicted octanol–water partition coefficient (Wildman–Crippen LogP) is 3.49. The van der Waals surface area contributed by atoms with Crippen molar-refractivity contribution < 1.29 is 14.4 Å². The van der Waals surface area contributed by atoms with Gasteiger partial charge < -0.3 is 9.64 Å². The van der Waals surface area contributed by atoms with Gasteiger partial charge in [0.15, 0.2) is 5.13 Å². The average molecular weight is 413 g/mol. The molecule has 3 aromatic rings. The number of aromatic nitrogens is 1. The summed E-state index contributed by atoms with van der Waals surface area (Å²) in [5.41, 5.74) is 4.01. The number of likely N-dealkylation sites (N-methyl/N-ethyl adjacent to an activating group) is 1. The van der Waals surface area contributed by atoms with E-state index in [4.69, 9.17) is 9.72 Å². The van der Waals surface area contributed by atoms with Gasteiger partial charge in [0.25, 0.3) is 5.91 Å². The first-order chi connectivity index (χ1) is 13.8. The molecule has 6 heteroatoms. The lowest BCUT2D eigenvalue weighted by Gasteiger charge is -2.21. The zero-order valence-corrected chi connectivity index (χ0v) is 18.9. The van der Waals surface area contributed by atoms with Crippen LogP contribution in [0.2, 0.25) is 0 Å². The molecule has 0 aliphatic heterocycles. The first-order valence-corrected chi connectivity index (χ1v) is 10.8. The van der Waals surface area contributed by atoms with Crippen molar-refractivity contribution in [3.8, 4) is 5.75 Å². The van der Waals surface area contributed by atoms with E-state index in [1.54, 1.807) is 11.3 Å². The minimum absolute atomic E-state index is 0.0317. The highest BCUT2D eigenvalue weighted by atomic mass is 32.1. The van der Waals surface area contributed by atoms with Crippen LogP contribution in [0.4, 0.5) is 5.13 Å². The second kappa shape index (κ2) is 8.93. The monoisotopic (exact) mass is 412 g/mol. The molecule has 0 bridgehead atoms. The van der Waals surface area contributed by atoms with Gasteiger partial charge in [-0.05, 0) is 69.2 Å². The van der Waals surface area contributed by atoms with Gasteiger partial charge in [-0.3, -0.25) is 9.69 Å². The molecule has 0 spiro atoms. The van der Waals surface area contributed by atoms with Gasteiger partial charge in [0.2, 0.25) is 0 Å². The Bertz CT molecular complexity index is 993. The van der Waals surface area contributed by atoms with Crippen molar-refractivity contribution in [1.29, 1.82) is 0 Å². The Morgan fingerprint density at radius 2 is 1.83 bits per heavy atom. The number of fused-ring (bicyclic) bond motifs is 1. The van der Waals surface area contributed by atoms with E-state index in [0.29, 0.717) is 12.1 Å². The highest BCUT2D eigenvalue weighted by Gasteiger charge is 2.23. The third-order valence-electron chi connectivity index (χ3n) is 4.86. The van der Waals surface area contributed by atoms with E-state index in [9.17, 15) is 4.79 Å². The average Bonchev–Trinajstić information content (AvgIpc) is 3.09. The summed E-state index contributed by atoms with van der Waals surface area (Å²) in [6.07, 6.45) is 0.102. The van der Waals surface area contributed by atoms with E-state index in [2.05, 4.69) is 40.1 Å². The number of hydrogen-bond donors (Lipinski definition) is 1. The van der Waals surface area contributed by atoms with Crippen LogP contribution in [0, 0.1) is 13.8 Å². The fraction of sp³-hybridized carbons (Fsp3) is 0.391. The minimum atomic E-state index is -0.0317. The number of carbonyl (C=O) groups is 1. The molecular formula is C23H30N3O2S+. The molecular weight excluding hydrogens is 382 g/mol. The van der Waals surface area contributed by atoms with Crippen LogP contribution in [-0.4, -0.2) is 44.2 Å². The Hall–Kier alpha value is -2.44. The second-order valence-electron chi connectivity index (χ2n) is 7.96. The number of hydrogen-bond acceptors (Lipinski definition) is 4. The number of quaternary nitrogens is 1. The highest BCUT2D eigenvalue weighted by molar-refractivity contribution is 7.22. The molecule has 0 saturated carbocycles. The van der Waals surface area contributed by atoms with E-state index in [0.717, 1.165) is 27.6 Å². The summed E-state index contributed by atoms with van der Waals surface area (Å²) in [7, 11) is 4.18. The number of ether oxygens (including phenoxy) is 1. The number of thiazole rings is 1. The maximum Gasteiger partial charge on any atom is 0.260 e. The van der Waals surface area contributed by atoms with Crippen LogP contribution in [0.1, 0.15) is 35.3 Å². The van der Waals surface area contributed by atoms with Gasteiger partial charge in [0.1, 0.15) is 5.75 Å². The first kappa shape index (κ1) is 21.3. The van der Waals surface area contributed by atoms with Crippen LogP contribution in [0.5, 0.6) is 5.75 Å². The molecule has 3 rings (SSSR count). The zero-order chi connectivity index (χ0) is 21.1. The third-order valence-corrected chi connectivity index (χ3v) is 5.90. The zero-order valence-electron chi connectivity index (χ0n) is 18.1. The second-order valence-corrected chi connectivity index (χ2v) is 8.96. The molecule has 5 nitrogen and oxygen atoms in total. The molecule has 1 aromatic heterocycles. The number of amides is 1. The number of nitrogens with zero attached hydrogens (tertiary/aromatic N) is 2. The normalized spacial score (nSPS) is 11.4. The van der Waals surface area contributed by atoms with E-state index in [-0.39, 0.29) is 12.0 Å². The van der Waals surface area contributed by atoms with Crippen molar-refractivity contribution in [2.45, 2.75) is 33.8 Å². The van der Waals surface area contributed by atoms with E-state index in [1.165, 1.54) is 16.0 Å². The van der Waals surface area contributed by atoms with Gasteiger partial charge in [-0.2, -0.15) is 0 Å². The maximum atomic E-state index is 13.4. The summed E-state index contributed by atoms with van der Waals surface area (Å²) in [4.78, 5) is 21.3. The number of anilines is 1. The molecule has 1 amide bonds. The topological polar surface area (TPSA) is 46.9 Å². The lowest BCUT2D eigenvalue weighted by molar-refractivity contribution is -0.856. The molecule has 0 saturated heterocycles. The van der Waals surface area contributed by atoms with Crippen molar-refractivity contribution >= 4 is 32.6 Å². The largest absolute Gasteiger partial charge is 0.491 e. The molecule has 0 radical (unpaired) electrons. The minimum Gasteiger partial charge on any atom is -0.491 e. The van der Waals surface area contributed by atoms with Crippen molar-refractivity contribution in [2.24, 2.45) is 0 Å². The van der Waals surface area contributed by atoms with E-state index >= 15 is 0 Å². The van der Waals surface area contributed by atoms with Crippen molar-refractivity contribution in [3.63, 3.8) is 0 Å². The quantitative estimate of drug-likeness (QED) is 0.646. The molecule has 154 valence electrons. The van der Waals surface area contributed by atoms with Crippen LogP contribution < -0.4 is 14.5 Å². The molecule has 0 aliphatic rings. The van der Waals surface area contributed by atoms with E-state index < -0.39 is 0 Å². The van der Waals surface area contributed by atoms with E-state index in [1.807, 2.05) is 43.0 Å². The lowest BCUT2D eigenvalue weighted by Crippen LogP contribution is -3.06. The summed E-state index contributed by atoms with van der Waals surface area (Å²) in [5, 5.41) is 0.752. The number of nitrogens with one attached hydrogen (secondary N) is 1. The van der Waals surface area contributed by atoms with Crippen molar-refractivity contribution in [1.82, 2.24) is 4.98 Å². The van der Waals surface area contributed by atoms with Gasteiger partial charge in [0.05, 0.1) is 43.5 Å². The Labute approximate surface area is 176 Å². The molecule has 29 heavy (non-hydrogen) atoms. The first-order valence-electron chi connectivity index (χ1n) is 10.0. The van der Waals surface area contributed by atoms with Crippen LogP contribution in [-0.2, 0) is 0 Å². The Balaban J connectivity index is 1.94. The van der Waals surface area contributed by atoms with Crippen LogP contribution in [0.25, 0.3) is 10.2 Å². The third kappa shape index (κ3) is 4.95. The molecule has 0 aliphatic carbocycles. The summed E-state index contributed by atoms with van der Waals surface area (Å²) in [5.74, 6) is 0.739. The molecule has 2 aromatic carbocycles. The Morgan fingerprint density at radius 1 is 1.14 bits per heavy atom. The SMILES string of the molecule is Cc1ccc2sc(N(CC[NH+](C)C)C(=O)c3ccc(OC(C)C)cc3)nc2c1C. The summed E-state index contributed by atoms with van der Waals surface area (Å²) >= 11 is 1.57. The lowest BCUT2D eigenvalue weighted by atomic mass is 10.1. The fourth-order valence-corrected chi connectivity index (χ4v) is 4.10. The van der Waals surface area contributed by atoms with Crippen molar-refractivity contribution in [3.05, 3.63) is 53.1 Å². The fourth-order valence-electron chi connectivity index (χ4n) is 3.05. The summed E-state index contributed by atoms with van der Waals surface area (Å²) in [6.45, 7) is 9.61. The maximum absolute atomic E-state index is 13.4. The van der Waals surface area contributed by atoms with Gasteiger partial charge >= 0.3 is 0 Å². The highest BCUT2D eigenvalue weighted by Crippen LogP contribution is 2.32. The number of carbonyl (C=O) groups excluding carboxylic acids is 1. The van der Waals surface area contributed by atoms with Crippen LogP contribution >= 0.6 is 11.3 Å². The van der Waals surface area contributed by atoms with Gasteiger partial charge in [0, 0.05) is 5.56 Å². The smallest absolute Gasteiger partial charge is 0.260 e. The van der Waals surface area contributed by atoms with Gasteiger partial charge in [-0.25, -0.2) is 4.98 Å². The van der Waals surface area contributed by atoms with Crippen LogP contribution in [0.3, 0.4) is 0 Å². The number of rotatable bonds is 7. The molecule has 0 fully saturated rings. The molecule has 0 unspecified atom stereocenters. The number of aryl methyl sites for hydroxylation is 2. The molecule has 1 N–H and O–H groups in total. The standard InChI is InChI=1S/C23H29N3O2S/c1-15(2)28-19-10-8-18(9-11-19)22(27)26(14-13-25(5)6)23-24-21-17(4)16(3)7-12-20(21)29-23/h7-12,15H,13-14H2,1-6H3/p+1. The summed E-state index contributed by atoms with van der Waals surface area (Å²) < 4.78 is 6.81. The van der Waals surface area contributed by atoms with Crippen LogP contribution in [0.15, 0.2) is 36.4 Å².